The maximum absolute atomic E-state index is 11.7. The Bertz CT molecular complexity index is 1710. The molecule has 210 valence electrons. The normalized spacial score (nSPS) is 19.5. The molecule has 39 heavy (non-hydrogen) atoms. The molecule has 12 heteroatoms. The Hall–Kier alpha value is -2.03. The van der Waals surface area contributed by atoms with Crippen molar-refractivity contribution in [3.8, 4) is 0 Å². The second kappa shape index (κ2) is 10.4. The zero-order valence-electron chi connectivity index (χ0n) is 22.3. The second-order valence-corrected chi connectivity index (χ2v) is 13.8. The van der Waals surface area contributed by atoms with E-state index in [1.54, 1.807) is 24.3 Å². The highest BCUT2D eigenvalue weighted by molar-refractivity contribution is 7.86. The first-order valence-electron chi connectivity index (χ1n) is 11.7. The third-order valence-corrected chi connectivity index (χ3v) is 9.36. The van der Waals surface area contributed by atoms with Crippen molar-refractivity contribution in [3.63, 3.8) is 0 Å². The summed E-state index contributed by atoms with van der Waals surface area (Å²) in [5.74, 6) is 0. The van der Waals surface area contributed by atoms with Gasteiger partial charge in [0, 0.05) is 46.6 Å². The van der Waals surface area contributed by atoms with Crippen LogP contribution < -0.4 is 28.9 Å². The number of likely N-dealkylation sites (N-methyl/N-ethyl adjacent to an activating group) is 1. The Morgan fingerprint density at radius 2 is 1.46 bits per heavy atom. The van der Waals surface area contributed by atoms with Gasteiger partial charge in [-0.2, -0.15) is 21.4 Å². The van der Waals surface area contributed by atoms with Gasteiger partial charge in [0.15, 0.2) is 5.71 Å². The number of halogens is 2. The lowest BCUT2D eigenvalue weighted by Gasteiger charge is -2.23. The van der Waals surface area contributed by atoms with E-state index in [4.69, 9.17) is 11.6 Å². The van der Waals surface area contributed by atoms with Gasteiger partial charge in [-0.25, -0.2) is 0 Å². The van der Waals surface area contributed by atoms with Gasteiger partial charge >= 0.3 is 0 Å². The monoisotopic (exact) mass is 704 g/mol. The number of fused-ring (bicyclic) bond motifs is 2. The summed E-state index contributed by atoms with van der Waals surface area (Å²) in [6.45, 7) is 7.87. The van der Waals surface area contributed by atoms with Crippen LogP contribution in [0.1, 0.15) is 38.8 Å². The Kier molecular flexibility index (Phi) is 8.42. The molecular weight excluding hydrogens is 675 g/mol. The van der Waals surface area contributed by atoms with Crippen molar-refractivity contribution in [2.24, 2.45) is 0 Å². The van der Waals surface area contributed by atoms with Crippen LogP contribution >= 0.6 is 11.6 Å². The fourth-order valence-electron chi connectivity index (χ4n) is 5.32. The van der Waals surface area contributed by atoms with Gasteiger partial charge in [0.1, 0.15) is 7.05 Å². The number of nitrogens with zero attached hydrogens (tertiary/aromatic N) is 2. The van der Waals surface area contributed by atoms with Gasteiger partial charge in [0.2, 0.25) is 5.69 Å². The lowest BCUT2D eigenvalue weighted by Crippen LogP contribution is -3.00. The molecule has 2 aliphatic rings. The minimum Gasteiger partial charge on any atom is -1.00 e. The molecule has 0 spiro atoms. The number of hydrogen-bond acceptors (Lipinski definition) is 5. The molecule has 0 atom stereocenters. The van der Waals surface area contributed by atoms with E-state index in [-0.39, 0.29) is 33.8 Å². The molecule has 2 aromatic carbocycles. The summed E-state index contributed by atoms with van der Waals surface area (Å²) >= 11 is 6.57. The Balaban J connectivity index is 0.00000420. The van der Waals surface area contributed by atoms with Crippen molar-refractivity contribution in [2.45, 2.75) is 48.3 Å². The van der Waals surface area contributed by atoms with Gasteiger partial charge in [-0.1, -0.05) is 25.4 Å². The van der Waals surface area contributed by atoms with E-state index in [1.165, 1.54) is 24.3 Å². The highest BCUT2D eigenvalue weighted by Gasteiger charge is 2.43. The molecule has 0 unspecified atom stereocenters. The lowest BCUT2D eigenvalue weighted by atomic mass is 9.81. The molecule has 2 aromatic rings. The quantitative estimate of drug-likeness (QED) is 0.212. The van der Waals surface area contributed by atoms with Gasteiger partial charge in [0.25, 0.3) is 20.2 Å². The summed E-state index contributed by atoms with van der Waals surface area (Å²) in [4.78, 5) is 1.65. The fraction of sp³-hybridized carbons (Fsp3) is 0.296. The molecule has 0 radical (unpaired) electrons. The molecule has 0 saturated carbocycles. The van der Waals surface area contributed by atoms with E-state index in [0.717, 1.165) is 33.9 Å². The molecular formula is C27H30ClIN2O6S2. The molecule has 2 N–H and O–H groups in total. The van der Waals surface area contributed by atoms with Crippen LogP contribution in [0.2, 0.25) is 0 Å². The molecule has 0 amide bonds. The molecule has 2 heterocycles. The number of rotatable bonds is 5. The van der Waals surface area contributed by atoms with E-state index < -0.39 is 31.1 Å². The first-order chi connectivity index (χ1) is 17.4. The highest BCUT2D eigenvalue weighted by atomic mass is 127. The fourth-order valence-corrected chi connectivity index (χ4v) is 6.46. The summed E-state index contributed by atoms with van der Waals surface area (Å²) in [6, 6.07) is 9.09. The summed E-state index contributed by atoms with van der Waals surface area (Å²) in [5.41, 5.74) is 3.90. The predicted octanol–water partition coefficient (Wildman–Crippen LogP) is 2.18. The van der Waals surface area contributed by atoms with Crippen molar-refractivity contribution >= 4 is 48.9 Å². The van der Waals surface area contributed by atoms with Crippen molar-refractivity contribution in [2.75, 3.05) is 19.0 Å². The Labute approximate surface area is 251 Å². The van der Waals surface area contributed by atoms with Crippen LogP contribution in [0.4, 0.5) is 11.4 Å². The zero-order chi connectivity index (χ0) is 28.4. The number of allylic oxidation sites excluding steroid dienone is 6. The Morgan fingerprint density at radius 1 is 0.923 bits per heavy atom. The zero-order valence-corrected chi connectivity index (χ0v) is 26.8. The average molecular weight is 705 g/mol. The maximum Gasteiger partial charge on any atom is 0.294 e. The summed E-state index contributed by atoms with van der Waals surface area (Å²) < 4.78 is 67.5. The van der Waals surface area contributed by atoms with Gasteiger partial charge < -0.3 is 28.9 Å². The largest absolute Gasteiger partial charge is 1.00 e. The SMILES string of the molecule is CN1\C(=C/C=C(Cl)/C=C/C2=[N+](C)c3ccc(S(=O)(=O)O)cc3C2(C)C)C(C)(C)c2cc(S(=O)(=O)O)ccc21.[I-]. The van der Waals surface area contributed by atoms with E-state index in [1.807, 2.05) is 63.4 Å². The molecule has 2 aliphatic heterocycles. The van der Waals surface area contributed by atoms with Gasteiger partial charge in [-0.3, -0.25) is 9.11 Å². The predicted molar refractivity (Wildman–Crippen MR) is 149 cm³/mol. The molecule has 8 nitrogen and oxygen atoms in total. The van der Waals surface area contributed by atoms with Gasteiger partial charge in [-0.05, 0) is 68.0 Å². The summed E-state index contributed by atoms with van der Waals surface area (Å²) in [5, 5.41) is 0.447. The van der Waals surface area contributed by atoms with Crippen LogP contribution in [0, 0.1) is 0 Å². The van der Waals surface area contributed by atoms with Crippen LogP contribution in [0.3, 0.4) is 0 Å². The smallest absolute Gasteiger partial charge is 0.294 e. The molecule has 4 rings (SSSR count). The lowest BCUT2D eigenvalue weighted by molar-refractivity contribution is -0.401. The average Bonchev–Trinajstić information content (AvgIpc) is 3.12. The Morgan fingerprint density at radius 3 is 2.03 bits per heavy atom. The first kappa shape index (κ1) is 31.5. The van der Waals surface area contributed by atoms with Crippen LogP contribution in [-0.2, 0) is 31.1 Å². The van der Waals surface area contributed by atoms with E-state index in [9.17, 15) is 25.9 Å². The van der Waals surface area contributed by atoms with Crippen LogP contribution in [0.5, 0.6) is 0 Å². The highest BCUT2D eigenvalue weighted by Crippen LogP contribution is 2.47. The van der Waals surface area contributed by atoms with Crippen molar-refractivity contribution < 1.29 is 54.5 Å². The summed E-state index contributed by atoms with van der Waals surface area (Å²) in [6.07, 6.45) is 7.27. The van der Waals surface area contributed by atoms with E-state index in [0.29, 0.717) is 5.03 Å². The number of anilines is 1. The third kappa shape index (κ3) is 5.62. The standard InChI is InChI=1S/C27H29ClN2O6S2.HI/c1-26(2)20-15-18(37(31,32)33)9-11-22(20)29(5)24(26)13-7-17(28)8-14-25-27(3,4)21-16-19(38(34,35)36)10-12-23(21)30(25)6;/h7-16H,1-6H3,(H-,31,32,33,34,35,36);1H. The number of benzene rings is 2. The first-order valence-corrected chi connectivity index (χ1v) is 15.0. The molecule has 0 saturated heterocycles. The molecule has 0 bridgehead atoms. The summed E-state index contributed by atoms with van der Waals surface area (Å²) in [7, 11) is -4.88. The minimum absolute atomic E-state index is 0. The maximum atomic E-state index is 11.7. The van der Waals surface area contributed by atoms with Crippen molar-refractivity contribution in [1.29, 1.82) is 0 Å². The number of hydrogen-bond donors (Lipinski definition) is 2. The van der Waals surface area contributed by atoms with Crippen LogP contribution in [0.15, 0.2) is 81.2 Å². The van der Waals surface area contributed by atoms with Crippen molar-refractivity contribution in [1.82, 2.24) is 0 Å². The molecule has 0 aliphatic carbocycles. The topological polar surface area (TPSA) is 115 Å². The van der Waals surface area contributed by atoms with Crippen molar-refractivity contribution in [3.05, 3.63) is 82.6 Å². The minimum atomic E-state index is -4.32. The van der Waals surface area contributed by atoms with E-state index in [2.05, 4.69) is 0 Å². The third-order valence-electron chi connectivity index (χ3n) is 7.41. The molecule has 0 aromatic heterocycles. The van der Waals surface area contributed by atoms with E-state index >= 15 is 0 Å². The van der Waals surface area contributed by atoms with Crippen LogP contribution in [0.25, 0.3) is 0 Å². The second-order valence-electron chi connectivity index (χ2n) is 10.5. The van der Waals surface area contributed by atoms with Gasteiger partial charge in [-0.15, -0.1) is 0 Å². The molecule has 0 fully saturated rings. The van der Waals surface area contributed by atoms with Crippen LogP contribution in [-0.4, -0.2) is 50.3 Å². The van der Waals surface area contributed by atoms with Gasteiger partial charge in [0.05, 0.1) is 15.2 Å².